The molecule has 3 aromatic heterocycles. The molecule has 0 bridgehead atoms. The monoisotopic (exact) mass is 461 g/mol. The molecule has 0 atom stereocenters. The highest BCUT2D eigenvalue weighted by atomic mass is 35.5. The predicted octanol–water partition coefficient (Wildman–Crippen LogP) is 8.26. The molecular weight excluding hydrogens is 446 g/mol. The fourth-order valence-corrected chi connectivity index (χ4v) is 6.08. The normalized spacial score (nSPS) is 11.8. The van der Waals surface area contributed by atoms with Crippen molar-refractivity contribution in [2.45, 2.75) is 0 Å². The van der Waals surface area contributed by atoms with E-state index in [9.17, 15) is 0 Å². The molecule has 7 aromatic rings. The molecule has 0 saturated heterocycles. The van der Waals surface area contributed by atoms with Gasteiger partial charge in [0.25, 0.3) is 0 Å². The molecule has 156 valence electrons. The molecule has 0 unspecified atom stereocenters. The van der Waals surface area contributed by atoms with Crippen molar-refractivity contribution in [2.24, 2.45) is 0 Å². The van der Waals surface area contributed by atoms with Crippen LogP contribution in [0.5, 0.6) is 0 Å². The van der Waals surface area contributed by atoms with E-state index in [0.717, 1.165) is 38.1 Å². The van der Waals surface area contributed by atoms with E-state index in [2.05, 4.69) is 101 Å². The van der Waals surface area contributed by atoms with Gasteiger partial charge in [-0.1, -0.05) is 60.7 Å². The summed E-state index contributed by atoms with van der Waals surface area (Å²) in [5.74, 6) is 0. The van der Waals surface area contributed by atoms with E-state index < -0.39 is 0 Å². The lowest BCUT2D eigenvalue weighted by Gasteiger charge is -2.08. The fraction of sp³-hybridized carbons (Fsp3) is 0. The second-order valence-electron chi connectivity index (χ2n) is 8.04. The molecule has 0 aliphatic carbocycles. The first-order valence-electron chi connectivity index (χ1n) is 10.7. The lowest BCUT2D eigenvalue weighted by atomic mass is 10.0. The van der Waals surface area contributed by atoms with Crippen molar-refractivity contribution in [1.82, 2.24) is 14.5 Å². The van der Waals surface area contributed by atoms with E-state index in [0.29, 0.717) is 0 Å². The van der Waals surface area contributed by atoms with Crippen LogP contribution < -0.4 is 0 Å². The van der Waals surface area contributed by atoms with Crippen LogP contribution >= 0.6 is 22.9 Å². The molecule has 0 spiro atoms. The molecule has 33 heavy (non-hydrogen) atoms. The van der Waals surface area contributed by atoms with Crippen LogP contribution in [0.2, 0.25) is 5.28 Å². The molecule has 0 aliphatic rings. The van der Waals surface area contributed by atoms with Crippen LogP contribution in [0.1, 0.15) is 0 Å². The third-order valence-corrected chi connectivity index (χ3v) is 7.41. The zero-order chi connectivity index (χ0) is 21.9. The Bertz CT molecular complexity index is 1830. The number of aromatic nitrogens is 3. The Labute approximate surface area is 198 Å². The highest BCUT2D eigenvalue weighted by Crippen LogP contribution is 2.40. The molecule has 3 nitrogen and oxygen atoms in total. The Morgan fingerprint density at radius 3 is 2.27 bits per heavy atom. The molecule has 3 heterocycles. The molecule has 0 radical (unpaired) electrons. The fourth-order valence-electron chi connectivity index (χ4n) is 4.78. The topological polar surface area (TPSA) is 30.7 Å². The summed E-state index contributed by atoms with van der Waals surface area (Å²) in [6.45, 7) is 0. The minimum Gasteiger partial charge on any atom is -0.309 e. The summed E-state index contributed by atoms with van der Waals surface area (Å²) in [5, 5.41) is 4.90. The number of halogens is 1. The van der Waals surface area contributed by atoms with Gasteiger partial charge in [0, 0.05) is 37.5 Å². The van der Waals surface area contributed by atoms with Gasteiger partial charge >= 0.3 is 0 Å². The lowest BCUT2D eigenvalue weighted by Crippen LogP contribution is -1.93. The lowest BCUT2D eigenvalue weighted by molar-refractivity contribution is 1.18. The maximum absolute atomic E-state index is 6.38. The van der Waals surface area contributed by atoms with Crippen molar-refractivity contribution in [2.75, 3.05) is 0 Å². The summed E-state index contributed by atoms with van der Waals surface area (Å²) in [4.78, 5) is 10.1. The van der Waals surface area contributed by atoms with Crippen LogP contribution in [0.4, 0.5) is 0 Å². The van der Waals surface area contributed by atoms with Crippen molar-refractivity contribution in [1.29, 1.82) is 0 Å². The van der Waals surface area contributed by atoms with Crippen molar-refractivity contribution in [3.63, 3.8) is 0 Å². The van der Waals surface area contributed by atoms with Gasteiger partial charge in [0.1, 0.15) is 4.83 Å². The number of fused-ring (bicyclic) bond motifs is 6. The van der Waals surface area contributed by atoms with E-state index in [1.54, 1.807) is 11.3 Å². The van der Waals surface area contributed by atoms with E-state index in [1.165, 1.54) is 21.0 Å². The van der Waals surface area contributed by atoms with Gasteiger partial charge in [0.2, 0.25) is 5.28 Å². The van der Waals surface area contributed by atoms with Crippen molar-refractivity contribution in [3.8, 4) is 16.9 Å². The third-order valence-electron chi connectivity index (χ3n) is 6.17. The van der Waals surface area contributed by atoms with Crippen LogP contribution in [-0.2, 0) is 0 Å². The van der Waals surface area contributed by atoms with Gasteiger partial charge < -0.3 is 4.57 Å². The van der Waals surface area contributed by atoms with Crippen molar-refractivity contribution in [3.05, 3.63) is 102 Å². The number of benzene rings is 4. The Balaban J connectivity index is 1.57. The minimum atomic E-state index is 0.274. The number of thiophene rings is 1. The van der Waals surface area contributed by atoms with Crippen molar-refractivity contribution >= 4 is 65.0 Å². The molecule has 0 saturated carbocycles. The smallest absolute Gasteiger partial charge is 0.224 e. The van der Waals surface area contributed by atoms with E-state index >= 15 is 0 Å². The molecule has 4 aromatic carbocycles. The van der Waals surface area contributed by atoms with Crippen LogP contribution in [0.25, 0.3) is 59.1 Å². The summed E-state index contributed by atoms with van der Waals surface area (Å²) in [6, 6.07) is 34.0. The molecule has 5 heteroatoms. The number of rotatable bonds is 2. The first-order valence-corrected chi connectivity index (χ1v) is 11.9. The Hall–Kier alpha value is -3.73. The Kier molecular flexibility index (Phi) is 4.07. The van der Waals surface area contributed by atoms with Gasteiger partial charge in [-0.15, -0.1) is 11.3 Å². The number of para-hydroxylation sites is 2. The zero-order valence-electron chi connectivity index (χ0n) is 17.4. The van der Waals surface area contributed by atoms with Crippen LogP contribution in [0.15, 0.2) is 97.1 Å². The first-order chi connectivity index (χ1) is 16.3. The third kappa shape index (κ3) is 2.81. The number of hydrogen-bond acceptors (Lipinski definition) is 3. The number of hydrogen-bond donors (Lipinski definition) is 0. The highest BCUT2D eigenvalue weighted by molar-refractivity contribution is 7.25. The Morgan fingerprint density at radius 1 is 0.667 bits per heavy atom. The molecule has 0 amide bonds. The summed E-state index contributed by atoms with van der Waals surface area (Å²) >= 11 is 8.03. The Morgan fingerprint density at radius 2 is 1.39 bits per heavy atom. The zero-order valence-corrected chi connectivity index (χ0v) is 18.9. The van der Waals surface area contributed by atoms with Crippen LogP contribution in [0.3, 0.4) is 0 Å². The maximum Gasteiger partial charge on any atom is 0.224 e. The first kappa shape index (κ1) is 18.8. The van der Waals surface area contributed by atoms with E-state index in [1.807, 2.05) is 6.07 Å². The average Bonchev–Trinajstić information content (AvgIpc) is 3.39. The van der Waals surface area contributed by atoms with Crippen LogP contribution in [-0.4, -0.2) is 14.5 Å². The molecule has 0 aliphatic heterocycles. The van der Waals surface area contributed by atoms with Crippen molar-refractivity contribution < 1.29 is 0 Å². The summed E-state index contributed by atoms with van der Waals surface area (Å²) < 4.78 is 3.50. The molecule has 0 fully saturated rings. The van der Waals surface area contributed by atoms with Gasteiger partial charge in [-0.2, -0.15) is 0 Å². The predicted molar refractivity (Wildman–Crippen MR) is 140 cm³/mol. The maximum atomic E-state index is 6.38. The van der Waals surface area contributed by atoms with Gasteiger partial charge in [0.15, 0.2) is 0 Å². The largest absolute Gasteiger partial charge is 0.309 e. The second kappa shape index (κ2) is 7.14. The minimum absolute atomic E-state index is 0.274. The van der Waals surface area contributed by atoms with E-state index in [4.69, 9.17) is 16.6 Å². The molecule has 0 N–H and O–H groups in total. The summed E-state index contributed by atoms with van der Waals surface area (Å²) in [6.07, 6.45) is 0. The summed E-state index contributed by atoms with van der Waals surface area (Å²) in [7, 11) is 0. The molecular formula is C28H16ClN3S. The average molecular weight is 462 g/mol. The highest BCUT2D eigenvalue weighted by Gasteiger charge is 2.17. The second-order valence-corrected chi connectivity index (χ2v) is 9.41. The standard InChI is InChI=1S/C28H16ClN3S/c29-28-30-26(25-20-11-5-7-13-24(20)33-27(25)31-28)17-14-15-23-21(16-17)19-10-4-6-12-22(19)32(23)18-8-2-1-3-9-18/h1-16H. The quantitative estimate of drug-likeness (QED) is 0.242. The van der Waals surface area contributed by atoms with E-state index in [-0.39, 0.29) is 5.28 Å². The van der Waals surface area contributed by atoms with Gasteiger partial charge in [0.05, 0.1) is 16.7 Å². The molecule has 7 rings (SSSR count). The van der Waals surface area contributed by atoms with Gasteiger partial charge in [-0.05, 0) is 48.0 Å². The van der Waals surface area contributed by atoms with Gasteiger partial charge in [-0.3, -0.25) is 0 Å². The van der Waals surface area contributed by atoms with Gasteiger partial charge in [-0.25, -0.2) is 9.97 Å². The van der Waals surface area contributed by atoms with Crippen LogP contribution in [0, 0.1) is 0 Å². The SMILES string of the molecule is Clc1nc(-c2ccc3c(c2)c2ccccc2n3-c2ccccc2)c2c(n1)sc1ccccc12. The number of nitrogens with zero attached hydrogens (tertiary/aromatic N) is 3. The summed E-state index contributed by atoms with van der Waals surface area (Å²) in [5.41, 5.74) is 5.41.